The van der Waals surface area contributed by atoms with Crippen LogP contribution in [-0.4, -0.2) is 38.5 Å². The highest BCUT2D eigenvalue weighted by atomic mass is 35.5. The van der Waals surface area contributed by atoms with Crippen molar-refractivity contribution in [2.75, 3.05) is 25.4 Å². The highest BCUT2D eigenvalue weighted by Crippen LogP contribution is 2.30. The number of nitrogens with zero attached hydrogens (tertiary/aromatic N) is 1. The summed E-state index contributed by atoms with van der Waals surface area (Å²) in [6.07, 6.45) is 1.54. The number of aryl methyl sites for hydroxylation is 1. The Bertz CT molecular complexity index is 611. The predicted molar refractivity (Wildman–Crippen MR) is 84.0 cm³/mol. The van der Waals surface area contributed by atoms with E-state index in [1.807, 2.05) is 6.92 Å². The third kappa shape index (κ3) is 3.51. The lowest BCUT2D eigenvalue weighted by Gasteiger charge is -2.31. The summed E-state index contributed by atoms with van der Waals surface area (Å²) in [7, 11) is -3.60. The molecule has 7 heteroatoms. The molecule has 1 aromatic carbocycles. The standard InChI is InChI=1S/C14H21ClN2O3S/c1-3-20-11-4-6-17(7-5-11)21(18,19)14-9-13(16)10(2)8-12(14)15/h8-9,11H,3-7,16H2,1-2H3. The van der Waals surface area contributed by atoms with E-state index in [0.717, 1.165) is 5.56 Å². The molecule has 2 rings (SSSR count). The van der Waals surface area contributed by atoms with E-state index in [9.17, 15) is 8.42 Å². The van der Waals surface area contributed by atoms with E-state index in [4.69, 9.17) is 22.1 Å². The van der Waals surface area contributed by atoms with Crippen LogP contribution in [0.3, 0.4) is 0 Å². The van der Waals surface area contributed by atoms with Crippen molar-refractivity contribution in [1.82, 2.24) is 4.31 Å². The Morgan fingerprint density at radius 3 is 2.57 bits per heavy atom. The molecular formula is C14H21ClN2O3S. The van der Waals surface area contributed by atoms with Gasteiger partial charge in [0.2, 0.25) is 10.0 Å². The topological polar surface area (TPSA) is 72.6 Å². The van der Waals surface area contributed by atoms with Crippen LogP contribution < -0.4 is 5.73 Å². The second-order valence-corrected chi connectivity index (χ2v) is 7.51. The largest absolute Gasteiger partial charge is 0.398 e. The van der Waals surface area contributed by atoms with Crippen molar-refractivity contribution in [2.24, 2.45) is 0 Å². The molecule has 1 saturated heterocycles. The molecule has 1 aliphatic rings. The molecule has 0 spiro atoms. The molecule has 0 amide bonds. The number of hydrogen-bond donors (Lipinski definition) is 1. The van der Waals surface area contributed by atoms with Crippen molar-refractivity contribution in [3.05, 3.63) is 22.7 Å². The lowest BCUT2D eigenvalue weighted by atomic mass is 10.1. The maximum Gasteiger partial charge on any atom is 0.244 e. The number of sulfonamides is 1. The average Bonchev–Trinajstić information content (AvgIpc) is 2.43. The first-order valence-electron chi connectivity index (χ1n) is 7.03. The number of rotatable bonds is 4. The maximum absolute atomic E-state index is 12.7. The molecule has 0 atom stereocenters. The van der Waals surface area contributed by atoms with Crippen molar-refractivity contribution >= 4 is 27.3 Å². The van der Waals surface area contributed by atoms with Gasteiger partial charge in [-0.3, -0.25) is 0 Å². The fraction of sp³-hybridized carbons (Fsp3) is 0.571. The first kappa shape index (κ1) is 16.5. The lowest BCUT2D eigenvalue weighted by Crippen LogP contribution is -2.41. The highest BCUT2D eigenvalue weighted by Gasteiger charge is 2.31. The van der Waals surface area contributed by atoms with Crippen molar-refractivity contribution in [2.45, 2.75) is 37.7 Å². The van der Waals surface area contributed by atoms with Crippen molar-refractivity contribution in [3.63, 3.8) is 0 Å². The minimum atomic E-state index is -3.60. The lowest BCUT2D eigenvalue weighted by molar-refractivity contribution is 0.0290. The van der Waals surface area contributed by atoms with Gasteiger partial charge in [0.15, 0.2) is 0 Å². The molecule has 5 nitrogen and oxygen atoms in total. The summed E-state index contributed by atoms with van der Waals surface area (Å²) in [5, 5.41) is 0.216. The predicted octanol–water partition coefficient (Wildman–Crippen LogP) is 2.42. The van der Waals surface area contributed by atoms with Gasteiger partial charge in [0.05, 0.1) is 11.1 Å². The molecule has 0 saturated carbocycles. The molecule has 0 bridgehead atoms. The summed E-state index contributed by atoms with van der Waals surface area (Å²) in [5.41, 5.74) is 7.02. The van der Waals surface area contributed by atoms with Crippen LogP contribution in [0.1, 0.15) is 25.3 Å². The molecule has 0 aromatic heterocycles. The Labute approximate surface area is 131 Å². The van der Waals surface area contributed by atoms with Gasteiger partial charge in [-0.05, 0) is 44.4 Å². The molecule has 2 N–H and O–H groups in total. The molecule has 1 aliphatic heterocycles. The summed E-state index contributed by atoms with van der Waals surface area (Å²) >= 11 is 6.10. The number of nitrogen functional groups attached to an aromatic ring is 1. The van der Waals surface area contributed by atoms with Crippen molar-refractivity contribution in [1.29, 1.82) is 0 Å². The van der Waals surface area contributed by atoms with E-state index in [0.29, 0.717) is 38.2 Å². The number of ether oxygens (including phenoxy) is 1. The molecule has 118 valence electrons. The minimum Gasteiger partial charge on any atom is -0.398 e. The van der Waals surface area contributed by atoms with Gasteiger partial charge in [-0.15, -0.1) is 0 Å². The third-order valence-corrected chi connectivity index (χ3v) is 6.11. The third-order valence-electron chi connectivity index (χ3n) is 3.74. The average molecular weight is 333 g/mol. The number of benzene rings is 1. The van der Waals surface area contributed by atoms with E-state index in [2.05, 4.69) is 0 Å². The van der Waals surface area contributed by atoms with Gasteiger partial charge in [-0.1, -0.05) is 11.6 Å². The van der Waals surface area contributed by atoms with E-state index in [1.54, 1.807) is 13.0 Å². The number of hydrogen-bond acceptors (Lipinski definition) is 4. The van der Waals surface area contributed by atoms with E-state index in [1.165, 1.54) is 10.4 Å². The Kier molecular flexibility index (Phi) is 5.14. The number of nitrogens with two attached hydrogens (primary N) is 1. The number of halogens is 1. The minimum absolute atomic E-state index is 0.0853. The molecule has 1 fully saturated rings. The molecule has 1 heterocycles. The van der Waals surface area contributed by atoms with Gasteiger partial charge >= 0.3 is 0 Å². The van der Waals surface area contributed by atoms with Gasteiger partial charge in [-0.25, -0.2) is 8.42 Å². The fourth-order valence-electron chi connectivity index (χ4n) is 2.48. The van der Waals surface area contributed by atoms with Gasteiger partial charge in [0.1, 0.15) is 4.90 Å². The number of anilines is 1. The molecule has 0 aliphatic carbocycles. The first-order valence-corrected chi connectivity index (χ1v) is 8.85. The smallest absolute Gasteiger partial charge is 0.244 e. The molecule has 0 radical (unpaired) electrons. The molecular weight excluding hydrogens is 312 g/mol. The van der Waals surface area contributed by atoms with Gasteiger partial charge < -0.3 is 10.5 Å². The Balaban J connectivity index is 2.22. The van der Waals surface area contributed by atoms with Gasteiger partial charge in [0, 0.05) is 25.4 Å². The van der Waals surface area contributed by atoms with Crippen LogP contribution in [0.15, 0.2) is 17.0 Å². The second kappa shape index (κ2) is 6.52. The zero-order valence-corrected chi connectivity index (χ0v) is 13.9. The van der Waals surface area contributed by atoms with Gasteiger partial charge in [-0.2, -0.15) is 4.31 Å². The fourth-order valence-corrected chi connectivity index (χ4v) is 4.54. The quantitative estimate of drug-likeness (QED) is 0.859. The summed E-state index contributed by atoms with van der Waals surface area (Å²) in [5.74, 6) is 0. The highest BCUT2D eigenvalue weighted by molar-refractivity contribution is 7.89. The van der Waals surface area contributed by atoms with E-state index < -0.39 is 10.0 Å². The van der Waals surface area contributed by atoms with E-state index >= 15 is 0 Å². The van der Waals surface area contributed by atoms with Crippen molar-refractivity contribution in [3.8, 4) is 0 Å². The Morgan fingerprint density at radius 2 is 2.00 bits per heavy atom. The van der Waals surface area contributed by atoms with Crippen molar-refractivity contribution < 1.29 is 13.2 Å². The van der Waals surface area contributed by atoms with Gasteiger partial charge in [0.25, 0.3) is 0 Å². The van der Waals surface area contributed by atoms with Crippen LogP contribution in [-0.2, 0) is 14.8 Å². The van der Waals surface area contributed by atoms with Crippen LogP contribution in [0.2, 0.25) is 5.02 Å². The van der Waals surface area contributed by atoms with E-state index in [-0.39, 0.29) is 16.0 Å². The van der Waals surface area contributed by atoms with Crippen LogP contribution in [0.25, 0.3) is 0 Å². The van der Waals surface area contributed by atoms with Crippen LogP contribution in [0.5, 0.6) is 0 Å². The molecule has 1 aromatic rings. The van der Waals surface area contributed by atoms with Crippen LogP contribution >= 0.6 is 11.6 Å². The van der Waals surface area contributed by atoms with Crippen LogP contribution in [0, 0.1) is 6.92 Å². The SMILES string of the molecule is CCOC1CCN(S(=O)(=O)c2cc(N)c(C)cc2Cl)CC1. The zero-order chi connectivity index (χ0) is 15.6. The summed E-state index contributed by atoms with van der Waals surface area (Å²) in [6.45, 7) is 5.27. The summed E-state index contributed by atoms with van der Waals surface area (Å²) in [4.78, 5) is 0.0853. The Hall–Kier alpha value is -0.820. The summed E-state index contributed by atoms with van der Waals surface area (Å²) < 4.78 is 32.4. The Morgan fingerprint density at radius 1 is 1.38 bits per heavy atom. The second-order valence-electron chi connectivity index (χ2n) is 5.20. The summed E-state index contributed by atoms with van der Waals surface area (Å²) in [6, 6.07) is 3.04. The monoisotopic (exact) mass is 332 g/mol. The first-order chi connectivity index (χ1) is 9.86. The zero-order valence-electron chi connectivity index (χ0n) is 12.3. The molecule has 21 heavy (non-hydrogen) atoms. The number of piperidine rings is 1. The normalized spacial score (nSPS) is 18.0. The van der Waals surface area contributed by atoms with Crippen LogP contribution in [0.4, 0.5) is 5.69 Å². The molecule has 0 unspecified atom stereocenters. The maximum atomic E-state index is 12.7.